The number of para-hydroxylation sites is 1. The molecule has 0 unspecified atom stereocenters. The second kappa shape index (κ2) is 6.92. The number of piperazine rings is 1. The zero-order chi connectivity index (χ0) is 13.7. The molecule has 0 aromatic heterocycles. The van der Waals surface area contributed by atoms with E-state index in [1.165, 1.54) is 24.3 Å². The third-order valence-corrected chi connectivity index (χ3v) is 4.12. The Labute approximate surface area is 117 Å². The van der Waals surface area contributed by atoms with Crippen molar-refractivity contribution in [1.82, 2.24) is 9.80 Å². The first-order valence-corrected chi connectivity index (χ1v) is 7.48. The van der Waals surface area contributed by atoms with Crippen molar-refractivity contribution in [2.24, 2.45) is 0 Å². The summed E-state index contributed by atoms with van der Waals surface area (Å²) in [6.45, 7) is 12.4. The summed E-state index contributed by atoms with van der Waals surface area (Å²) in [5.41, 5.74) is 2.90. The van der Waals surface area contributed by atoms with Gasteiger partial charge in [0, 0.05) is 38.4 Å². The summed E-state index contributed by atoms with van der Waals surface area (Å²) in [5, 5.41) is 0. The lowest BCUT2D eigenvalue weighted by Gasteiger charge is -2.35. The van der Waals surface area contributed by atoms with Gasteiger partial charge in [-0.15, -0.1) is 0 Å². The van der Waals surface area contributed by atoms with Gasteiger partial charge in [0.05, 0.1) is 0 Å². The maximum atomic E-state index is 2.54. The van der Waals surface area contributed by atoms with Crippen LogP contribution in [0.15, 0.2) is 24.3 Å². The van der Waals surface area contributed by atoms with Gasteiger partial charge in [0.25, 0.3) is 0 Å². The van der Waals surface area contributed by atoms with Crippen LogP contribution < -0.4 is 4.90 Å². The van der Waals surface area contributed by atoms with Crippen molar-refractivity contribution in [3.8, 4) is 0 Å². The molecule has 2 rings (SSSR count). The first-order valence-electron chi connectivity index (χ1n) is 7.48. The molecule has 0 amide bonds. The van der Waals surface area contributed by atoms with Crippen molar-refractivity contribution >= 4 is 5.69 Å². The van der Waals surface area contributed by atoms with Gasteiger partial charge in [0.2, 0.25) is 0 Å². The van der Waals surface area contributed by atoms with Gasteiger partial charge in [-0.2, -0.15) is 0 Å². The molecule has 3 nitrogen and oxygen atoms in total. The number of hydrogen-bond donors (Lipinski definition) is 0. The molecule has 0 atom stereocenters. The minimum Gasteiger partial charge on any atom is -0.369 e. The predicted molar refractivity (Wildman–Crippen MR) is 82.8 cm³/mol. The Bertz CT molecular complexity index is 379. The van der Waals surface area contributed by atoms with E-state index in [-0.39, 0.29) is 0 Å². The van der Waals surface area contributed by atoms with Gasteiger partial charge < -0.3 is 9.80 Å². The average Bonchev–Trinajstić information content (AvgIpc) is 2.46. The van der Waals surface area contributed by atoms with Gasteiger partial charge in [0.1, 0.15) is 0 Å². The molecule has 1 heterocycles. The quantitative estimate of drug-likeness (QED) is 0.805. The molecular weight excluding hydrogens is 234 g/mol. The Morgan fingerprint density at radius 1 is 1.00 bits per heavy atom. The van der Waals surface area contributed by atoms with Crippen molar-refractivity contribution in [2.45, 2.75) is 20.4 Å². The summed E-state index contributed by atoms with van der Waals surface area (Å²) in [6, 6.07) is 8.90. The molecule has 0 saturated carbocycles. The highest BCUT2D eigenvalue weighted by atomic mass is 15.2. The van der Waals surface area contributed by atoms with E-state index in [2.05, 4.69) is 59.9 Å². The van der Waals surface area contributed by atoms with Crippen molar-refractivity contribution in [3.05, 3.63) is 29.8 Å². The van der Waals surface area contributed by atoms with Crippen LogP contribution in [0.1, 0.15) is 19.4 Å². The smallest absolute Gasteiger partial charge is 0.0412 e. The van der Waals surface area contributed by atoms with Gasteiger partial charge in [-0.25, -0.2) is 0 Å². The molecule has 1 aliphatic rings. The molecule has 0 bridgehead atoms. The lowest BCUT2D eigenvalue weighted by atomic mass is 10.1. The normalized spacial score (nSPS) is 17.2. The van der Waals surface area contributed by atoms with Crippen LogP contribution in [-0.2, 0) is 6.54 Å². The molecule has 1 saturated heterocycles. The first-order chi connectivity index (χ1) is 9.24. The molecule has 0 radical (unpaired) electrons. The summed E-state index contributed by atoms with van der Waals surface area (Å²) < 4.78 is 0. The Morgan fingerprint density at radius 3 is 2.26 bits per heavy atom. The average molecular weight is 261 g/mol. The van der Waals surface area contributed by atoms with Gasteiger partial charge >= 0.3 is 0 Å². The molecule has 1 fully saturated rings. The van der Waals surface area contributed by atoms with Crippen molar-refractivity contribution < 1.29 is 0 Å². The molecule has 1 aliphatic heterocycles. The second-order valence-corrected chi connectivity index (χ2v) is 5.38. The van der Waals surface area contributed by atoms with Crippen LogP contribution in [0.2, 0.25) is 0 Å². The van der Waals surface area contributed by atoms with E-state index in [9.17, 15) is 0 Å². The van der Waals surface area contributed by atoms with Gasteiger partial charge in [-0.1, -0.05) is 32.0 Å². The molecule has 3 heteroatoms. The fourth-order valence-electron chi connectivity index (χ4n) is 2.69. The Morgan fingerprint density at radius 2 is 1.63 bits per heavy atom. The maximum absolute atomic E-state index is 2.54. The Balaban J connectivity index is 2.11. The standard InChI is InChI=1S/C16H27N3/c1-4-18(5-2)14-15-8-6-7-9-16(15)19-12-10-17(3)11-13-19/h6-9H,4-5,10-14H2,1-3H3. The molecule has 1 aromatic carbocycles. The van der Waals surface area contributed by atoms with Crippen LogP contribution in [0, 0.1) is 0 Å². The van der Waals surface area contributed by atoms with Crippen LogP contribution in [0.4, 0.5) is 5.69 Å². The number of nitrogens with zero attached hydrogens (tertiary/aromatic N) is 3. The molecule has 0 aliphatic carbocycles. The third kappa shape index (κ3) is 3.71. The minimum absolute atomic E-state index is 1.06. The largest absolute Gasteiger partial charge is 0.369 e. The summed E-state index contributed by atoms with van der Waals surface area (Å²) in [4.78, 5) is 7.43. The predicted octanol–water partition coefficient (Wildman–Crippen LogP) is 2.28. The monoisotopic (exact) mass is 261 g/mol. The van der Waals surface area contributed by atoms with E-state index >= 15 is 0 Å². The fourth-order valence-corrected chi connectivity index (χ4v) is 2.69. The Hall–Kier alpha value is -1.06. The molecule has 0 N–H and O–H groups in total. The van der Waals surface area contributed by atoms with E-state index < -0.39 is 0 Å². The number of likely N-dealkylation sites (N-methyl/N-ethyl adjacent to an activating group) is 1. The van der Waals surface area contributed by atoms with Gasteiger partial charge in [-0.05, 0) is 31.8 Å². The van der Waals surface area contributed by atoms with Crippen molar-refractivity contribution in [3.63, 3.8) is 0 Å². The third-order valence-electron chi connectivity index (χ3n) is 4.12. The zero-order valence-electron chi connectivity index (χ0n) is 12.6. The molecule has 19 heavy (non-hydrogen) atoms. The minimum atomic E-state index is 1.06. The number of hydrogen-bond acceptors (Lipinski definition) is 3. The molecular formula is C16H27N3. The molecule has 1 aromatic rings. The second-order valence-electron chi connectivity index (χ2n) is 5.38. The van der Waals surface area contributed by atoms with Gasteiger partial charge in [-0.3, -0.25) is 4.90 Å². The lowest BCUT2D eigenvalue weighted by molar-refractivity contribution is 0.293. The molecule has 0 spiro atoms. The number of benzene rings is 1. The van der Waals surface area contributed by atoms with Crippen LogP contribution >= 0.6 is 0 Å². The summed E-state index contributed by atoms with van der Waals surface area (Å²) in [6.07, 6.45) is 0. The van der Waals surface area contributed by atoms with E-state index in [1.807, 2.05) is 0 Å². The highest BCUT2D eigenvalue weighted by Crippen LogP contribution is 2.23. The van der Waals surface area contributed by atoms with Crippen LogP contribution in [0.5, 0.6) is 0 Å². The highest BCUT2D eigenvalue weighted by molar-refractivity contribution is 5.54. The van der Waals surface area contributed by atoms with Crippen molar-refractivity contribution in [1.29, 1.82) is 0 Å². The first kappa shape index (κ1) is 14.4. The lowest BCUT2D eigenvalue weighted by Crippen LogP contribution is -2.45. The summed E-state index contributed by atoms with van der Waals surface area (Å²) in [5.74, 6) is 0. The van der Waals surface area contributed by atoms with E-state index in [0.29, 0.717) is 0 Å². The van der Waals surface area contributed by atoms with Crippen molar-refractivity contribution in [2.75, 3.05) is 51.2 Å². The fraction of sp³-hybridized carbons (Fsp3) is 0.625. The van der Waals surface area contributed by atoms with E-state index in [0.717, 1.165) is 32.7 Å². The highest BCUT2D eigenvalue weighted by Gasteiger charge is 2.17. The number of rotatable bonds is 5. The van der Waals surface area contributed by atoms with E-state index in [4.69, 9.17) is 0 Å². The van der Waals surface area contributed by atoms with Crippen LogP contribution in [-0.4, -0.2) is 56.1 Å². The summed E-state index contributed by atoms with van der Waals surface area (Å²) in [7, 11) is 2.21. The van der Waals surface area contributed by atoms with Crippen LogP contribution in [0.3, 0.4) is 0 Å². The maximum Gasteiger partial charge on any atom is 0.0412 e. The summed E-state index contributed by atoms with van der Waals surface area (Å²) >= 11 is 0. The van der Waals surface area contributed by atoms with Crippen LogP contribution in [0.25, 0.3) is 0 Å². The van der Waals surface area contributed by atoms with Gasteiger partial charge in [0.15, 0.2) is 0 Å². The SMILES string of the molecule is CCN(CC)Cc1ccccc1N1CCN(C)CC1. The zero-order valence-corrected chi connectivity index (χ0v) is 12.6. The van der Waals surface area contributed by atoms with E-state index in [1.54, 1.807) is 0 Å². The Kier molecular flexibility index (Phi) is 5.23. The number of anilines is 1. The topological polar surface area (TPSA) is 9.72 Å². The molecule has 106 valence electrons.